The second-order valence-electron chi connectivity index (χ2n) is 7.94. The number of aromatic amines is 1. The largest absolute Gasteiger partial charge is 0.361 e. The predicted octanol–water partition coefficient (Wildman–Crippen LogP) is 3.58. The van der Waals surface area contributed by atoms with Crippen LogP contribution in [-0.4, -0.2) is 65.1 Å². The number of nitro groups is 1. The van der Waals surface area contributed by atoms with Gasteiger partial charge in [-0.15, -0.1) is 0 Å². The summed E-state index contributed by atoms with van der Waals surface area (Å²) in [4.78, 5) is 42.6. The van der Waals surface area contributed by atoms with Gasteiger partial charge < -0.3 is 14.7 Å². The fourth-order valence-corrected chi connectivity index (χ4v) is 4.27. The number of nitro benzene ring substituents is 1. The molecule has 0 saturated carbocycles. The highest BCUT2D eigenvalue weighted by molar-refractivity contribution is 9.10. The first-order chi connectivity index (χ1) is 15.2. The molecular formula is C23H25BrN4O4. The number of halogens is 1. The molecule has 1 N–H and O–H groups in total. The highest BCUT2D eigenvalue weighted by Gasteiger charge is 2.30. The molecule has 0 aliphatic rings. The SMILES string of the molecule is CN(C)C(Cc1c[nH]c2cccc([N+](=O)[O-])c12)C(=O)N(C)C(C=O)Cc1cccc(Br)c1. The summed E-state index contributed by atoms with van der Waals surface area (Å²) in [6.07, 6.45) is 3.15. The van der Waals surface area contributed by atoms with Crippen molar-refractivity contribution in [1.82, 2.24) is 14.8 Å². The molecule has 2 aromatic carbocycles. The van der Waals surface area contributed by atoms with E-state index in [-0.39, 0.29) is 18.0 Å². The molecule has 168 valence electrons. The number of likely N-dealkylation sites (N-methyl/N-ethyl adjacent to an activating group) is 2. The molecule has 3 aromatic rings. The lowest BCUT2D eigenvalue weighted by atomic mass is 10.0. The number of hydrogen-bond acceptors (Lipinski definition) is 5. The van der Waals surface area contributed by atoms with Crippen LogP contribution in [0.2, 0.25) is 0 Å². The Hall–Kier alpha value is -3.04. The number of aromatic nitrogens is 1. The van der Waals surface area contributed by atoms with Gasteiger partial charge in [-0.3, -0.25) is 19.8 Å². The third-order valence-electron chi connectivity index (χ3n) is 5.62. The zero-order valence-electron chi connectivity index (χ0n) is 18.1. The first-order valence-corrected chi connectivity index (χ1v) is 10.9. The Kier molecular flexibility index (Phi) is 7.42. The van der Waals surface area contributed by atoms with Crippen LogP contribution in [-0.2, 0) is 22.4 Å². The number of benzene rings is 2. The van der Waals surface area contributed by atoms with E-state index in [1.165, 1.54) is 11.0 Å². The van der Waals surface area contributed by atoms with Crippen LogP contribution in [0.15, 0.2) is 53.1 Å². The van der Waals surface area contributed by atoms with E-state index in [1.54, 1.807) is 44.4 Å². The van der Waals surface area contributed by atoms with Gasteiger partial charge in [-0.1, -0.05) is 34.1 Å². The number of fused-ring (bicyclic) bond motifs is 1. The molecule has 0 aliphatic carbocycles. The van der Waals surface area contributed by atoms with Crippen molar-refractivity contribution >= 4 is 44.7 Å². The van der Waals surface area contributed by atoms with Gasteiger partial charge in [0.05, 0.1) is 27.9 Å². The van der Waals surface area contributed by atoms with E-state index in [4.69, 9.17) is 0 Å². The highest BCUT2D eigenvalue weighted by atomic mass is 79.9. The number of non-ortho nitro benzene ring substituents is 1. The molecule has 0 radical (unpaired) electrons. The zero-order chi connectivity index (χ0) is 23.4. The Morgan fingerprint density at radius 1 is 1.19 bits per heavy atom. The summed E-state index contributed by atoms with van der Waals surface area (Å²) in [5.41, 5.74) is 2.26. The van der Waals surface area contributed by atoms with Crippen LogP contribution in [0.5, 0.6) is 0 Å². The van der Waals surface area contributed by atoms with Gasteiger partial charge in [-0.25, -0.2) is 0 Å². The van der Waals surface area contributed by atoms with Gasteiger partial charge in [0.2, 0.25) is 5.91 Å². The molecule has 1 heterocycles. The average molecular weight is 501 g/mol. The van der Waals surface area contributed by atoms with E-state index < -0.39 is 17.0 Å². The van der Waals surface area contributed by atoms with Crippen LogP contribution in [0, 0.1) is 10.1 Å². The van der Waals surface area contributed by atoms with Gasteiger partial charge in [0.15, 0.2) is 0 Å². The van der Waals surface area contributed by atoms with Crippen LogP contribution in [0.4, 0.5) is 5.69 Å². The summed E-state index contributed by atoms with van der Waals surface area (Å²) in [6, 6.07) is 11.2. The second-order valence-corrected chi connectivity index (χ2v) is 8.86. The van der Waals surface area contributed by atoms with E-state index in [2.05, 4.69) is 20.9 Å². The zero-order valence-corrected chi connectivity index (χ0v) is 19.7. The second kappa shape index (κ2) is 10.1. The fraction of sp³-hybridized carbons (Fsp3) is 0.304. The number of carbonyl (C=O) groups is 2. The van der Waals surface area contributed by atoms with Crippen LogP contribution >= 0.6 is 15.9 Å². The molecule has 3 rings (SSSR count). The topological polar surface area (TPSA) is 99.6 Å². The molecule has 1 aromatic heterocycles. The molecule has 9 heteroatoms. The third-order valence-corrected chi connectivity index (χ3v) is 6.11. The number of amides is 1. The molecule has 32 heavy (non-hydrogen) atoms. The van der Waals surface area contributed by atoms with E-state index in [9.17, 15) is 19.7 Å². The number of nitrogens with zero attached hydrogens (tertiary/aromatic N) is 3. The number of aldehydes is 1. The summed E-state index contributed by atoms with van der Waals surface area (Å²) in [5.74, 6) is -0.227. The van der Waals surface area contributed by atoms with Crippen LogP contribution in [0.3, 0.4) is 0 Å². The van der Waals surface area contributed by atoms with E-state index in [0.29, 0.717) is 22.9 Å². The summed E-state index contributed by atoms with van der Waals surface area (Å²) < 4.78 is 0.903. The number of carbonyl (C=O) groups excluding carboxylic acids is 2. The third kappa shape index (κ3) is 5.05. The number of rotatable bonds is 9. The average Bonchev–Trinajstić information content (AvgIpc) is 3.17. The lowest BCUT2D eigenvalue weighted by Gasteiger charge is -2.31. The Bertz CT molecular complexity index is 1140. The number of nitrogens with one attached hydrogen (secondary N) is 1. The van der Waals surface area contributed by atoms with Crippen molar-refractivity contribution < 1.29 is 14.5 Å². The van der Waals surface area contributed by atoms with Gasteiger partial charge in [-0.2, -0.15) is 0 Å². The molecule has 2 atom stereocenters. The minimum absolute atomic E-state index is 0.00233. The smallest absolute Gasteiger partial charge is 0.279 e. The van der Waals surface area contributed by atoms with Crippen molar-refractivity contribution in [2.75, 3.05) is 21.1 Å². The molecule has 8 nitrogen and oxygen atoms in total. The molecule has 0 saturated heterocycles. The highest BCUT2D eigenvalue weighted by Crippen LogP contribution is 2.30. The minimum Gasteiger partial charge on any atom is -0.361 e. The molecule has 0 aliphatic heterocycles. The molecule has 0 spiro atoms. The van der Waals surface area contributed by atoms with E-state index >= 15 is 0 Å². The molecule has 0 bridgehead atoms. The van der Waals surface area contributed by atoms with Crippen molar-refractivity contribution in [1.29, 1.82) is 0 Å². The summed E-state index contributed by atoms with van der Waals surface area (Å²) >= 11 is 3.42. The quantitative estimate of drug-likeness (QED) is 0.275. The maximum absolute atomic E-state index is 13.4. The fourth-order valence-electron chi connectivity index (χ4n) is 3.83. The number of hydrogen-bond donors (Lipinski definition) is 1. The van der Waals surface area contributed by atoms with Gasteiger partial charge >= 0.3 is 0 Å². The van der Waals surface area contributed by atoms with Gasteiger partial charge in [0, 0.05) is 23.8 Å². The molecule has 1 amide bonds. The Balaban J connectivity index is 1.86. The Labute approximate surface area is 194 Å². The first-order valence-electron chi connectivity index (χ1n) is 10.1. The maximum Gasteiger partial charge on any atom is 0.279 e. The van der Waals surface area contributed by atoms with Crippen molar-refractivity contribution in [3.8, 4) is 0 Å². The lowest BCUT2D eigenvalue weighted by Crippen LogP contribution is -2.50. The van der Waals surface area contributed by atoms with Crippen molar-refractivity contribution in [3.05, 3.63) is 74.4 Å². The van der Waals surface area contributed by atoms with Gasteiger partial charge in [-0.05, 0) is 56.3 Å². The van der Waals surface area contributed by atoms with Crippen LogP contribution in [0.1, 0.15) is 11.1 Å². The van der Waals surface area contributed by atoms with Gasteiger partial charge in [0.1, 0.15) is 6.29 Å². The standard InChI is InChI=1S/C23H25BrN4O4/c1-26(2)21(12-16-13-25-19-8-5-9-20(22(16)19)28(31)32)23(30)27(3)18(14-29)11-15-6-4-7-17(24)10-15/h4-10,13-14,18,21,25H,11-12H2,1-3H3. The number of H-pyrrole nitrogens is 1. The van der Waals surface area contributed by atoms with Crippen molar-refractivity contribution in [2.24, 2.45) is 0 Å². The predicted molar refractivity (Wildman–Crippen MR) is 127 cm³/mol. The van der Waals surface area contributed by atoms with Crippen molar-refractivity contribution in [3.63, 3.8) is 0 Å². The van der Waals surface area contributed by atoms with E-state index in [0.717, 1.165) is 16.3 Å². The van der Waals surface area contributed by atoms with Crippen LogP contribution in [0.25, 0.3) is 10.9 Å². The molecule has 2 unspecified atom stereocenters. The normalized spacial score (nSPS) is 13.2. The maximum atomic E-state index is 13.4. The Morgan fingerprint density at radius 3 is 2.53 bits per heavy atom. The monoisotopic (exact) mass is 500 g/mol. The summed E-state index contributed by atoms with van der Waals surface area (Å²) in [5, 5.41) is 12.0. The first kappa shape index (κ1) is 23.6. The lowest BCUT2D eigenvalue weighted by molar-refractivity contribution is -0.383. The van der Waals surface area contributed by atoms with Gasteiger partial charge in [0.25, 0.3) is 5.69 Å². The summed E-state index contributed by atoms with van der Waals surface area (Å²) in [6.45, 7) is 0. The summed E-state index contributed by atoms with van der Waals surface area (Å²) in [7, 11) is 5.18. The van der Waals surface area contributed by atoms with Crippen molar-refractivity contribution in [2.45, 2.75) is 24.9 Å². The van der Waals surface area contributed by atoms with Crippen LogP contribution < -0.4 is 0 Å². The Morgan fingerprint density at radius 2 is 1.91 bits per heavy atom. The molecule has 0 fully saturated rings. The molecular weight excluding hydrogens is 476 g/mol. The van der Waals surface area contributed by atoms with E-state index in [1.807, 2.05) is 24.3 Å². The minimum atomic E-state index is -0.628.